The van der Waals surface area contributed by atoms with E-state index in [4.69, 9.17) is 4.74 Å². The minimum Gasteiger partial charge on any atom is -0.466 e. The van der Waals surface area contributed by atoms with Crippen molar-refractivity contribution in [2.24, 2.45) is 0 Å². The van der Waals surface area contributed by atoms with E-state index in [1.165, 1.54) is 302 Å². The molecular formula is C72H137NO5. The Bertz CT molecular complexity index is 1260. The van der Waals surface area contributed by atoms with Gasteiger partial charge in [0, 0.05) is 12.8 Å². The number of rotatable bonds is 66. The summed E-state index contributed by atoms with van der Waals surface area (Å²) in [6.07, 6.45) is 86.1. The van der Waals surface area contributed by atoms with Crippen LogP contribution in [0.25, 0.3) is 0 Å². The number of unbranched alkanes of at least 4 members (excludes halogenated alkanes) is 49. The van der Waals surface area contributed by atoms with Gasteiger partial charge in [0.15, 0.2) is 0 Å². The van der Waals surface area contributed by atoms with Crippen molar-refractivity contribution in [1.29, 1.82) is 0 Å². The normalized spacial score (nSPS) is 12.7. The molecule has 460 valence electrons. The van der Waals surface area contributed by atoms with Crippen LogP contribution in [0.4, 0.5) is 0 Å². The molecule has 0 spiro atoms. The molecule has 3 N–H and O–H groups in total. The Labute approximate surface area is 487 Å². The molecule has 0 bridgehead atoms. The maximum atomic E-state index is 12.5. The Morgan fingerprint density at radius 2 is 0.641 bits per heavy atom. The lowest BCUT2D eigenvalue weighted by atomic mass is 10.0. The summed E-state index contributed by atoms with van der Waals surface area (Å²) in [6.45, 7) is 4.96. The SMILES string of the molecule is CCCCCC/C=C\C/C=C\CCCCCCCC(=O)OCCCCCCCCCCCCCC/C=C\CCCCCCCCCCC(=O)NC(CO)C(O)CCCCCCCCCCCCCCCCCCCCCCC. The Kier molecular flexibility index (Phi) is 65.9. The molecule has 0 aromatic heterocycles. The van der Waals surface area contributed by atoms with E-state index in [1.54, 1.807) is 0 Å². The smallest absolute Gasteiger partial charge is 0.305 e. The van der Waals surface area contributed by atoms with Gasteiger partial charge in [-0.2, -0.15) is 0 Å². The quantitative estimate of drug-likeness (QED) is 0.0320. The summed E-state index contributed by atoms with van der Waals surface area (Å²) in [5.74, 6) is -0.0363. The summed E-state index contributed by atoms with van der Waals surface area (Å²) in [7, 11) is 0. The number of esters is 1. The molecule has 2 unspecified atom stereocenters. The number of aliphatic hydroxyl groups is 2. The molecule has 0 aliphatic carbocycles. The van der Waals surface area contributed by atoms with Gasteiger partial charge in [0.25, 0.3) is 0 Å². The summed E-state index contributed by atoms with van der Waals surface area (Å²) < 4.78 is 5.49. The molecule has 0 heterocycles. The van der Waals surface area contributed by atoms with Gasteiger partial charge in [0.1, 0.15) is 0 Å². The molecule has 2 atom stereocenters. The molecule has 1 amide bonds. The monoisotopic (exact) mass is 1100 g/mol. The van der Waals surface area contributed by atoms with Gasteiger partial charge < -0.3 is 20.3 Å². The number of hydrogen-bond acceptors (Lipinski definition) is 5. The average molecular weight is 1100 g/mol. The van der Waals surface area contributed by atoms with Crippen molar-refractivity contribution >= 4 is 11.9 Å². The molecule has 0 rings (SSSR count). The second kappa shape index (κ2) is 67.6. The van der Waals surface area contributed by atoms with Gasteiger partial charge in [-0.15, -0.1) is 0 Å². The molecule has 0 saturated heterocycles. The Hall–Kier alpha value is -1.92. The summed E-state index contributed by atoms with van der Waals surface area (Å²) in [4.78, 5) is 24.6. The topological polar surface area (TPSA) is 95.9 Å². The number of aliphatic hydroxyl groups excluding tert-OH is 2. The van der Waals surface area contributed by atoms with Crippen molar-refractivity contribution in [3.8, 4) is 0 Å². The lowest BCUT2D eigenvalue weighted by Gasteiger charge is -2.22. The summed E-state index contributed by atoms with van der Waals surface area (Å²) >= 11 is 0. The lowest BCUT2D eigenvalue weighted by molar-refractivity contribution is -0.143. The van der Waals surface area contributed by atoms with E-state index in [1.807, 2.05) is 0 Å². The molecule has 6 heteroatoms. The van der Waals surface area contributed by atoms with Crippen LogP contribution in [-0.4, -0.2) is 47.4 Å². The molecule has 0 aromatic carbocycles. The van der Waals surface area contributed by atoms with Crippen LogP contribution in [0.15, 0.2) is 36.5 Å². The van der Waals surface area contributed by atoms with Crippen molar-refractivity contribution in [3.63, 3.8) is 0 Å². The van der Waals surface area contributed by atoms with Crippen molar-refractivity contribution in [2.45, 2.75) is 398 Å². The first-order chi connectivity index (χ1) is 38.5. The third kappa shape index (κ3) is 63.3. The molecule has 0 aliphatic rings. The van der Waals surface area contributed by atoms with Crippen LogP contribution in [-0.2, 0) is 14.3 Å². The van der Waals surface area contributed by atoms with E-state index in [-0.39, 0.29) is 18.5 Å². The van der Waals surface area contributed by atoms with Crippen molar-refractivity contribution in [3.05, 3.63) is 36.5 Å². The lowest BCUT2D eigenvalue weighted by Crippen LogP contribution is -2.45. The number of allylic oxidation sites excluding steroid dienone is 6. The van der Waals surface area contributed by atoms with Gasteiger partial charge in [-0.05, 0) is 83.5 Å². The predicted molar refractivity (Wildman–Crippen MR) is 343 cm³/mol. The number of carbonyl (C=O) groups excluding carboxylic acids is 2. The van der Waals surface area contributed by atoms with Crippen LogP contribution in [0.2, 0.25) is 0 Å². The minimum absolute atomic E-state index is 0.000359. The maximum Gasteiger partial charge on any atom is 0.305 e. The van der Waals surface area contributed by atoms with E-state index >= 15 is 0 Å². The van der Waals surface area contributed by atoms with Crippen LogP contribution in [0.3, 0.4) is 0 Å². The van der Waals surface area contributed by atoms with Crippen LogP contribution < -0.4 is 5.32 Å². The Balaban J connectivity index is 3.41. The van der Waals surface area contributed by atoms with Gasteiger partial charge in [0.05, 0.1) is 25.4 Å². The number of hydrogen-bond donors (Lipinski definition) is 3. The van der Waals surface area contributed by atoms with Crippen LogP contribution >= 0.6 is 0 Å². The van der Waals surface area contributed by atoms with E-state index in [0.29, 0.717) is 25.9 Å². The van der Waals surface area contributed by atoms with Crippen molar-refractivity contribution < 1.29 is 24.5 Å². The average Bonchev–Trinajstić information content (AvgIpc) is 3.44. The second-order valence-electron chi connectivity index (χ2n) is 24.2. The largest absolute Gasteiger partial charge is 0.466 e. The molecule has 0 fully saturated rings. The maximum absolute atomic E-state index is 12.5. The zero-order chi connectivity index (χ0) is 56.4. The third-order valence-corrected chi connectivity index (χ3v) is 16.4. The van der Waals surface area contributed by atoms with Gasteiger partial charge in [-0.25, -0.2) is 0 Å². The highest BCUT2D eigenvalue weighted by Crippen LogP contribution is 2.18. The van der Waals surface area contributed by atoms with E-state index in [0.717, 1.165) is 51.4 Å². The molecule has 0 aromatic rings. The molecule has 0 aliphatic heterocycles. The van der Waals surface area contributed by atoms with Gasteiger partial charge >= 0.3 is 5.97 Å². The highest BCUT2D eigenvalue weighted by Gasteiger charge is 2.20. The first kappa shape index (κ1) is 76.1. The van der Waals surface area contributed by atoms with E-state index < -0.39 is 12.1 Å². The van der Waals surface area contributed by atoms with E-state index in [9.17, 15) is 19.8 Å². The van der Waals surface area contributed by atoms with Gasteiger partial charge in [-0.3, -0.25) is 9.59 Å². The van der Waals surface area contributed by atoms with Gasteiger partial charge in [0.2, 0.25) is 5.91 Å². The first-order valence-corrected chi connectivity index (χ1v) is 35.2. The number of carbonyl (C=O) groups is 2. The second-order valence-corrected chi connectivity index (χ2v) is 24.2. The number of amides is 1. The Morgan fingerprint density at radius 3 is 1.00 bits per heavy atom. The number of ether oxygens (including phenoxy) is 1. The van der Waals surface area contributed by atoms with Gasteiger partial charge in [-0.1, -0.05) is 326 Å². The molecule has 0 saturated carbocycles. The highest BCUT2D eigenvalue weighted by atomic mass is 16.5. The fourth-order valence-corrected chi connectivity index (χ4v) is 11.0. The standard InChI is InChI=1S/C72H137NO5/c1-3-5-7-9-11-13-15-17-19-21-22-27-30-33-36-40-44-48-52-56-60-64-70(75)69(68-74)73-71(76)65-61-57-53-49-45-41-37-34-31-28-25-23-24-26-29-32-35-39-43-47-51-55-59-63-67-78-72(77)66-62-58-54-50-46-42-38-20-18-16-14-12-10-8-6-4-2/h14,16,20,25,28,38,69-70,74-75H,3-13,15,17-19,21-24,26-27,29-37,39-68H2,1-2H3,(H,73,76)/b16-14-,28-25-,38-20-. The Morgan fingerprint density at radius 1 is 0.359 bits per heavy atom. The number of nitrogens with one attached hydrogen (secondary N) is 1. The third-order valence-electron chi connectivity index (χ3n) is 16.4. The van der Waals surface area contributed by atoms with Crippen LogP contribution in [0.1, 0.15) is 386 Å². The highest BCUT2D eigenvalue weighted by molar-refractivity contribution is 5.76. The zero-order valence-electron chi connectivity index (χ0n) is 52.7. The van der Waals surface area contributed by atoms with E-state index in [2.05, 4.69) is 55.6 Å². The van der Waals surface area contributed by atoms with Crippen molar-refractivity contribution in [2.75, 3.05) is 13.2 Å². The molecule has 78 heavy (non-hydrogen) atoms. The molecule has 0 radical (unpaired) electrons. The summed E-state index contributed by atoms with van der Waals surface area (Å²) in [5.41, 5.74) is 0. The molecular weight excluding hydrogens is 959 g/mol. The summed E-state index contributed by atoms with van der Waals surface area (Å²) in [5, 5.41) is 23.4. The fraction of sp³-hybridized carbons (Fsp3) is 0.889. The van der Waals surface area contributed by atoms with Crippen LogP contribution in [0.5, 0.6) is 0 Å². The van der Waals surface area contributed by atoms with Crippen LogP contribution in [0, 0.1) is 0 Å². The molecule has 6 nitrogen and oxygen atoms in total. The fourth-order valence-electron chi connectivity index (χ4n) is 11.0. The zero-order valence-corrected chi connectivity index (χ0v) is 52.7. The van der Waals surface area contributed by atoms with Crippen molar-refractivity contribution in [1.82, 2.24) is 5.32 Å². The predicted octanol–water partition coefficient (Wildman–Crippen LogP) is 22.7. The first-order valence-electron chi connectivity index (χ1n) is 35.2. The minimum atomic E-state index is -0.669. The summed E-state index contributed by atoms with van der Waals surface area (Å²) in [6, 6.07) is -0.546.